The lowest BCUT2D eigenvalue weighted by Gasteiger charge is -2.17. The fourth-order valence-corrected chi connectivity index (χ4v) is 3.52. The van der Waals surface area contributed by atoms with Crippen LogP contribution in [0.1, 0.15) is 37.7 Å². The molecular weight excluding hydrogens is 430 g/mol. The molecule has 1 heterocycles. The van der Waals surface area contributed by atoms with Gasteiger partial charge in [0.25, 0.3) is 0 Å². The van der Waals surface area contributed by atoms with Gasteiger partial charge in [-0.05, 0) is 25.8 Å². The monoisotopic (exact) mass is 448 g/mol. The van der Waals surface area contributed by atoms with E-state index in [9.17, 15) is 23.7 Å². The molecular formula is C16H19BrF2N4O4. The first-order valence-corrected chi connectivity index (χ1v) is 9.24. The van der Waals surface area contributed by atoms with Gasteiger partial charge in [-0.15, -0.1) is 5.11 Å². The van der Waals surface area contributed by atoms with E-state index in [1.54, 1.807) is 11.9 Å². The third-order valence-electron chi connectivity index (χ3n) is 4.03. The van der Waals surface area contributed by atoms with Gasteiger partial charge in [0.1, 0.15) is 0 Å². The Morgan fingerprint density at radius 3 is 2.70 bits per heavy atom. The first kappa shape index (κ1) is 21.1. The van der Waals surface area contributed by atoms with Crippen molar-refractivity contribution < 1.29 is 23.2 Å². The van der Waals surface area contributed by atoms with Crippen LogP contribution in [0.25, 0.3) is 0 Å². The van der Waals surface area contributed by atoms with Gasteiger partial charge in [0.05, 0.1) is 18.9 Å². The normalized spacial score (nSPS) is 15.3. The smallest absolute Gasteiger partial charge is 0.306 e. The Kier molecular flexibility index (Phi) is 7.57. The predicted molar refractivity (Wildman–Crippen MR) is 95.2 cm³/mol. The predicted octanol–water partition coefficient (Wildman–Crippen LogP) is 4.14. The summed E-state index contributed by atoms with van der Waals surface area (Å²) in [7, 11) is 0. The molecule has 0 aliphatic carbocycles. The molecule has 0 aromatic heterocycles. The highest BCUT2D eigenvalue weighted by Gasteiger charge is 2.30. The maximum Gasteiger partial charge on any atom is 0.306 e. The number of hydrogen-bond acceptors (Lipinski definition) is 6. The van der Waals surface area contributed by atoms with Crippen LogP contribution >= 0.6 is 15.9 Å². The molecule has 0 amide bonds. The van der Waals surface area contributed by atoms with Gasteiger partial charge in [-0.1, -0.05) is 21.2 Å². The molecule has 1 aliphatic rings. The first-order chi connectivity index (χ1) is 12.8. The summed E-state index contributed by atoms with van der Waals surface area (Å²) in [6.45, 7) is 2.24. The molecule has 1 atom stereocenters. The second-order valence-electron chi connectivity index (χ2n) is 5.99. The zero-order valence-corrected chi connectivity index (χ0v) is 16.2. The van der Waals surface area contributed by atoms with E-state index in [2.05, 4.69) is 26.3 Å². The van der Waals surface area contributed by atoms with Gasteiger partial charge in [0.15, 0.2) is 17.3 Å². The Hall–Kier alpha value is -2.17. The average molecular weight is 449 g/mol. The van der Waals surface area contributed by atoms with Gasteiger partial charge >= 0.3 is 5.97 Å². The number of nitrogens with zero attached hydrogens (tertiary/aromatic N) is 4. The van der Waals surface area contributed by atoms with Gasteiger partial charge < -0.3 is 4.74 Å². The lowest BCUT2D eigenvalue weighted by molar-refractivity contribution is -0.483. The van der Waals surface area contributed by atoms with Crippen LogP contribution in [0, 0.1) is 21.7 Å². The molecule has 11 heteroatoms. The number of carbonyl (C=O) groups excluding carboxylic acids is 1. The van der Waals surface area contributed by atoms with Crippen LogP contribution < -0.4 is 0 Å². The molecule has 0 bridgehead atoms. The zero-order chi connectivity index (χ0) is 20.0. The summed E-state index contributed by atoms with van der Waals surface area (Å²) in [4.78, 5) is 22.1. The SMILES string of the molecule is CCOC(=O)CC(C[N+](=O)[O-])c1c(Br)cc(F)c(N=NN2CCCC2)c1F. The van der Waals surface area contributed by atoms with E-state index >= 15 is 0 Å². The quantitative estimate of drug-likeness (QED) is 0.257. The summed E-state index contributed by atoms with van der Waals surface area (Å²) in [5.74, 6) is -3.89. The van der Waals surface area contributed by atoms with Crippen molar-refractivity contribution in [3.8, 4) is 0 Å². The molecule has 0 radical (unpaired) electrons. The summed E-state index contributed by atoms with van der Waals surface area (Å²) in [5.41, 5.74) is -0.839. The van der Waals surface area contributed by atoms with E-state index in [0.717, 1.165) is 18.9 Å². The van der Waals surface area contributed by atoms with Crippen molar-refractivity contribution in [3.63, 3.8) is 0 Å². The van der Waals surface area contributed by atoms with Gasteiger partial charge in [-0.2, -0.15) is 0 Å². The van der Waals surface area contributed by atoms with E-state index in [-0.39, 0.29) is 16.6 Å². The number of esters is 1. The molecule has 1 aliphatic heterocycles. The molecule has 0 saturated carbocycles. The van der Waals surface area contributed by atoms with Crippen LogP contribution in [0.3, 0.4) is 0 Å². The summed E-state index contributed by atoms with van der Waals surface area (Å²) in [5, 5.41) is 20.1. The second-order valence-corrected chi connectivity index (χ2v) is 6.84. The standard InChI is InChI=1S/C16H19BrF2N4O4/c1-2-27-13(24)7-10(9-23(25)26)14-11(17)8-12(18)16(15(14)19)20-21-22-5-3-4-6-22/h8,10H,2-7,9H2,1H3. The minimum atomic E-state index is -1.14. The summed E-state index contributed by atoms with van der Waals surface area (Å²) in [6, 6.07) is 0.967. The Labute approximate surface area is 162 Å². The molecule has 8 nitrogen and oxygen atoms in total. The van der Waals surface area contributed by atoms with Crippen molar-refractivity contribution in [2.45, 2.75) is 32.1 Å². The van der Waals surface area contributed by atoms with Crippen LogP contribution in [0.2, 0.25) is 0 Å². The fraction of sp³-hybridized carbons (Fsp3) is 0.562. The highest BCUT2D eigenvalue weighted by Crippen LogP contribution is 2.37. The average Bonchev–Trinajstić information content (AvgIpc) is 3.07. The Morgan fingerprint density at radius 2 is 2.11 bits per heavy atom. The maximum absolute atomic E-state index is 15.0. The molecule has 1 unspecified atom stereocenters. The van der Waals surface area contributed by atoms with E-state index < -0.39 is 47.1 Å². The molecule has 1 aromatic rings. The topological polar surface area (TPSA) is 97.4 Å². The Balaban J connectivity index is 2.40. The number of benzene rings is 1. The summed E-state index contributed by atoms with van der Waals surface area (Å²) in [6.07, 6.45) is 1.42. The molecule has 0 N–H and O–H groups in total. The number of ether oxygens (including phenoxy) is 1. The first-order valence-electron chi connectivity index (χ1n) is 8.44. The molecule has 1 saturated heterocycles. The lowest BCUT2D eigenvalue weighted by atomic mass is 9.94. The zero-order valence-electron chi connectivity index (χ0n) is 14.7. The molecule has 148 valence electrons. The van der Waals surface area contributed by atoms with Crippen LogP contribution in [0.4, 0.5) is 14.5 Å². The van der Waals surface area contributed by atoms with Gasteiger partial charge in [-0.3, -0.25) is 19.9 Å². The number of rotatable bonds is 8. The van der Waals surface area contributed by atoms with Crippen molar-refractivity contribution in [1.29, 1.82) is 0 Å². The van der Waals surface area contributed by atoms with Crippen molar-refractivity contribution in [3.05, 3.63) is 37.9 Å². The summed E-state index contributed by atoms with van der Waals surface area (Å²) >= 11 is 3.03. The fourth-order valence-electron chi connectivity index (χ4n) is 2.82. The van der Waals surface area contributed by atoms with Crippen molar-refractivity contribution in [2.24, 2.45) is 10.3 Å². The third kappa shape index (κ3) is 5.65. The summed E-state index contributed by atoms with van der Waals surface area (Å²) < 4.78 is 34.0. The number of carbonyl (C=O) groups is 1. The van der Waals surface area contributed by atoms with Gasteiger partial charge in [-0.25, -0.2) is 8.78 Å². The van der Waals surface area contributed by atoms with E-state index in [1.165, 1.54) is 0 Å². The largest absolute Gasteiger partial charge is 0.466 e. The Morgan fingerprint density at radius 1 is 1.44 bits per heavy atom. The minimum absolute atomic E-state index is 0.0197. The van der Waals surface area contributed by atoms with Crippen LogP contribution in [-0.2, 0) is 9.53 Å². The third-order valence-corrected chi connectivity index (χ3v) is 4.69. The second kappa shape index (κ2) is 9.67. The Bertz CT molecular complexity index is 742. The van der Waals surface area contributed by atoms with Crippen molar-refractivity contribution in [2.75, 3.05) is 26.2 Å². The van der Waals surface area contributed by atoms with Crippen molar-refractivity contribution >= 4 is 27.6 Å². The van der Waals surface area contributed by atoms with Gasteiger partial charge in [0.2, 0.25) is 6.54 Å². The molecule has 27 heavy (non-hydrogen) atoms. The lowest BCUT2D eigenvalue weighted by Crippen LogP contribution is -2.19. The van der Waals surface area contributed by atoms with E-state index in [1.807, 2.05) is 0 Å². The minimum Gasteiger partial charge on any atom is -0.466 e. The number of hydrogen-bond donors (Lipinski definition) is 0. The van der Waals surface area contributed by atoms with Crippen molar-refractivity contribution in [1.82, 2.24) is 5.01 Å². The van der Waals surface area contributed by atoms with E-state index in [0.29, 0.717) is 13.1 Å². The van der Waals surface area contributed by atoms with Crippen LogP contribution in [-0.4, -0.2) is 42.1 Å². The number of halogens is 3. The molecule has 0 spiro atoms. The highest BCUT2D eigenvalue weighted by molar-refractivity contribution is 9.10. The maximum atomic E-state index is 15.0. The van der Waals surface area contributed by atoms with Crippen LogP contribution in [0.15, 0.2) is 20.9 Å². The highest BCUT2D eigenvalue weighted by atomic mass is 79.9. The molecule has 1 fully saturated rings. The van der Waals surface area contributed by atoms with Gasteiger partial charge in [0, 0.05) is 28.0 Å². The molecule has 1 aromatic carbocycles. The van der Waals surface area contributed by atoms with E-state index in [4.69, 9.17) is 4.74 Å². The molecule has 2 rings (SSSR count). The number of nitro groups is 1. The van der Waals surface area contributed by atoms with Crippen LogP contribution in [0.5, 0.6) is 0 Å².